The van der Waals surface area contributed by atoms with Gasteiger partial charge in [0, 0.05) is 18.3 Å². The van der Waals surface area contributed by atoms with Crippen LogP contribution in [-0.4, -0.2) is 33.5 Å². The Balaban J connectivity index is 1.62. The molecule has 0 spiro atoms. The van der Waals surface area contributed by atoms with E-state index in [4.69, 9.17) is 0 Å². The molecule has 4 aliphatic rings. The van der Waals surface area contributed by atoms with Crippen LogP contribution in [0.25, 0.3) is 0 Å². The zero-order valence-corrected chi connectivity index (χ0v) is 17.0. The predicted molar refractivity (Wildman–Crippen MR) is 104 cm³/mol. The SMILES string of the molecule is C[C@@H](CC(=O)O)[C@H]1CC[C@H]2[C@@H]3CC=C4C[C@@H](O)C[C@H](O)[C@]4(C)[C@H]3CC[C@]12C. The van der Waals surface area contributed by atoms with Gasteiger partial charge in [-0.05, 0) is 73.5 Å². The molecule has 0 aromatic carbocycles. The van der Waals surface area contributed by atoms with Crippen molar-refractivity contribution in [3.63, 3.8) is 0 Å². The van der Waals surface area contributed by atoms with Crippen molar-refractivity contribution in [3.8, 4) is 0 Å². The molecule has 4 nitrogen and oxygen atoms in total. The van der Waals surface area contributed by atoms with Crippen LogP contribution in [0.1, 0.15) is 72.1 Å². The van der Waals surface area contributed by atoms with E-state index in [1.165, 1.54) is 12.0 Å². The molecule has 3 saturated carbocycles. The summed E-state index contributed by atoms with van der Waals surface area (Å²) in [6, 6.07) is 0. The van der Waals surface area contributed by atoms with Gasteiger partial charge in [0.05, 0.1) is 12.2 Å². The minimum atomic E-state index is -0.676. The van der Waals surface area contributed by atoms with E-state index < -0.39 is 18.2 Å². The van der Waals surface area contributed by atoms with Crippen LogP contribution in [0.3, 0.4) is 0 Å². The van der Waals surface area contributed by atoms with Gasteiger partial charge in [-0.2, -0.15) is 0 Å². The highest BCUT2D eigenvalue weighted by Crippen LogP contribution is 2.67. The highest BCUT2D eigenvalue weighted by atomic mass is 16.4. The van der Waals surface area contributed by atoms with Crippen molar-refractivity contribution in [1.82, 2.24) is 0 Å². The molecule has 4 heteroatoms. The zero-order valence-electron chi connectivity index (χ0n) is 17.0. The fraction of sp³-hybridized carbons (Fsp3) is 0.870. The summed E-state index contributed by atoms with van der Waals surface area (Å²) in [6.45, 7) is 6.80. The average Bonchev–Trinajstić information content (AvgIpc) is 2.93. The number of rotatable bonds is 3. The molecule has 0 aromatic heterocycles. The van der Waals surface area contributed by atoms with Crippen LogP contribution in [0, 0.1) is 40.4 Å². The summed E-state index contributed by atoms with van der Waals surface area (Å²) in [7, 11) is 0. The lowest BCUT2D eigenvalue weighted by molar-refractivity contribution is -0.139. The first-order valence-corrected chi connectivity index (χ1v) is 10.9. The molecule has 0 heterocycles. The van der Waals surface area contributed by atoms with E-state index in [9.17, 15) is 20.1 Å². The van der Waals surface area contributed by atoms with Crippen molar-refractivity contribution < 1.29 is 20.1 Å². The second kappa shape index (κ2) is 6.59. The monoisotopic (exact) mass is 376 g/mol. The lowest BCUT2D eigenvalue weighted by Gasteiger charge is -2.59. The molecule has 4 rings (SSSR count). The van der Waals surface area contributed by atoms with Gasteiger partial charge in [-0.1, -0.05) is 32.4 Å². The Bertz CT molecular complexity index is 642. The first-order chi connectivity index (χ1) is 12.7. The molecule has 0 radical (unpaired) electrons. The van der Waals surface area contributed by atoms with Gasteiger partial charge in [0.2, 0.25) is 0 Å². The maximum Gasteiger partial charge on any atom is 0.303 e. The van der Waals surface area contributed by atoms with Crippen molar-refractivity contribution in [3.05, 3.63) is 11.6 Å². The van der Waals surface area contributed by atoms with Crippen molar-refractivity contribution in [2.75, 3.05) is 0 Å². The van der Waals surface area contributed by atoms with Gasteiger partial charge >= 0.3 is 5.97 Å². The van der Waals surface area contributed by atoms with Gasteiger partial charge in [-0.25, -0.2) is 0 Å². The summed E-state index contributed by atoms with van der Waals surface area (Å²) in [5.74, 6) is 1.76. The molecule has 9 atom stereocenters. The minimum Gasteiger partial charge on any atom is -0.481 e. The molecule has 0 aliphatic heterocycles. The summed E-state index contributed by atoms with van der Waals surface area (Å²) in [5, 5.41) is 30.4. The third-order valence-corrected chi connectivity index (χ3v) is 9.44. The van der Waals surface area contributed by atoms with Gasteiger partial charge in [0.25, 0.3) is 0 Å². The standard InChI is InChI=1S/C23H36O4/c1-13(10-21(26)27)17-6-7-18-16-5-4-14-11-15(24)12-20(25)23(14,3)19(16)8-9-22(17,18)2/h4,13,15-20,24-25H,5-12H2,1-3H3,(H,26,27)/t13-,15+,16-,17+,18-,19-,20-,22+,23-/m0/s1. The molecule has 27 heavy (non-hydrogen) atoms. The van der Waals surface area contributed by atoms with Crippen molar-refractivity contribution in [2.45, 2.75) is 84.3 Å². The number of hydrogen-bond acceptors (Lipinski definition) is 3. The van der Waals surface area contributed by atoms with Crippen LogP contribution >= 0.6 is 0 Å². The number of allylic oxidation sites excluding steroid dienone is 1. The lowest BCUT2D eigenvalue weighted by atomic mass is 9.46. The first kappa shape index (κ1) is 19.4. The molecule has 0 amide bonds. The van der Waals surface area contributed by atoms with E-state index in [2.05, 4.69) is 26.8 Å². The van der Waals surface area contributed by atoms with Crippen LogP contribution in [0.2, 0.25) is 0 Å². The Morgan fingerprint density at radius 3 is 2.67 bits per heavy atom. The summed E-state index contributed by atoms with van der Waals surface area (Å²) in [6.07, 6.45) is 8.65. The van der Waals surface area contributed by atoms with Crippen LogP contribution in [-0.2, 0) is 4.79 Å². The van der Waals surface area contributed by atoms with E-state index in [1.54, 1.807) is 0 Å². The number of aliphatic carboxylic acids is 1. The number of aliphatic hydroxyl groups is 2. The van der Waals surface area contributed by atoms with Crippen molar-refractivity contribution in [1.29, 1.82) is 0 Å². The number of hydrogen-bond donors (Lipinski definition) is 3. The van der Waals surface area contributed by atoms with Crippen LogP contribution in [0.4, 0.5) is 0 Å². The number of fused-ring (bicyclic) bond motifs is 5. The molecule has 0 bridgehead atoms. The van der Waals surface area contributed by atoms with E-state index >= 15 is 0 Å². The Morgan fingerprint density at radius 2 is 1.96 bits per heavy atom. The molecule has 3 fully saturated rings. The highest BCUT2D eigenvalue weighted by Gasteiger charge is 2.60. The zero-order chi connectivity index (χ0) is 19.6. The molecule has 0 saturated heterocycles. The molecule has 0 unspecified atom stereocenters. The van der Waals surface area contributed by atoms with E-state index in [1.807, 2.05) is 0 Å². The van der Waals surface area contributed by atoms with E-state index in [0.29, 0.717) is 30.1 Å². The summed E-state index contributed by atoms with van der Waals surface area (Å²) in [5.41, 5.74) is 1.33. The summed E-state index contributed by atoms with van der Waals surface area (Å²) >= 11 is 0. The lowest BCUT2D eigenvalue weighted by Crippen LogP contribution is -2.55. The summed E-state index contributed by atoms with van der Waals surface area (Å²) < 4.78 is 0. The predicted octanol–water partition coefficient (Wildman–Crippen LogP) is 4.01. The Kier molecular flexibility index (Phi) is 4.74. The van der Waals surface area contributed by atoms with E-state index in [-0.39, 0.29) is 23.2 Å². The molecular weight excluding hydrogens is 340 g/mol. The topological polar surface area (TPSA) is 77.8 Å². The fourth-order valence-electron chi connectivity index (χ4n) is 8.09. The Hall–Kier alpha value is -0.870. The van der Waals surface area contributed by atoms with Crippen LogP contribution in [0.5, 0.6) is 0 Å². The highest BCUT2D eigenvalue weighted by molar-refractivity contribution is 5.67. The minimum absolute atomic E-state index is 0.186. The maximum absolute atomic E-state index is 11.3. The Morgan fingerprint density at radius 1 is 1.22 bits per heavy atom. The molecular formula is C23H36O4. The largest absolute Gasteiger partial charge is 0.481 e. The van der Waals surface area contributed by atoms with Crippen molar-refractivity contribution >= 4 is 5.97 Å². The molecule has 0 aromatic rings. The second-order valence-electron chi connectivity index (χ2n) is 10.5. The molecule has 152 valence electrons. The van der Waals surface area contributed by atoms with Crippen LogP contribution < -0.4 is 0 Å². The summed E-state index contributed by atoms with van der Waals surface area (Å²) in [4.78, 5) is 11.3. The second-order valence-corrected chi connectivity index (χ2v) is 10.5. The van der Waals surface area contributed by atoms with E-state index in [0.717, 1.165) is 32.1 Å². The number of carbonyl (C=O) groups is 1. The fourth-order valence-corrected chi connectivity index (χ4v) is 8.09. The number of carboxylic acid groups (broad SMARTS) is 1. The molecule has 3 N–H and O–H groups in total. The third kappa shape index (κ3) is 2.81. The maximum atomic E-state index is 11.3. The number of aliphatic hydroxyl groups excluding tert-OH is 2. The van der Waals surface area contributed by atoms with Crippen LogP contribution in [0.15, 0.2) is 11.6 Å². The van der Waals surface area contributed by atoms with Gasteiger partial charge in [-0.3, -0.25) is 4.79 Å². The van der Waals surface area contributed by atoms with Gasteiger partial charge < -0.3 is 15.3 Å². The third-order valence-electron chi connectivity index (χ3n) is 9.44. The quantitative estimate of drug-likeness (QED) is 0.651. The first-order valence-electron chi connectivity index (χ1n) is 10.9. The number of carboxylic acids is 1. The average molecular weight is 377 g/mol. The van der Waals surface area contributed by atoms with Gasteiger partial charge in [0.15, 0.2) is 0 Å². The normalized spacial score (nSPS) is 50.2. The van der Waals surface area contributed by atoms with Gasteiger partial charge in [-0.15, -0.1) is 0 Å². The van der Waals surface area contributed by atoms with Gasteiger partial charge in [0.1, 0.15) is 0 Å². The smallest absolute Gasteiger partial charge is 0.303 e. The molecule has 4 aliphatic carbocycles. The van der Waals surface area contributed by atoms with Crippen molar-refractivity contribution in [2.24, 2.45) is 40.4 Å². The Labute approximate surface area is 163 Å².